The molecule has 0 saturated heterocycles. The molecule has 4 aromatic carbocycles. The number of rotatable bonds is 7. The second-order valence-corrected chi connectivity index (χ2v) is 10.5. The van der Waals surface area contributed by atoms with Crippen LogP contribution >= 0.6 is 11.8 Å². The lowest BCUT2D eigenvalue weighted by Gasteiger charge is -2.15. The van der Waals surface area contributed by atoms with Gasteiger partial charge in [0.05, 0.1) is 5.69 Å². The van der Waals surface area contributed by atoms with Crippen LogP contribution in [0.2, 0.25) is 0 Å². The van der Waals surface area contributed by atoms with Crippen molar-refractivity contribution in [1.29, 1.82) is 0 Å². The Bertz CT molecular complexity index is 1590. The molecular formula is C32H27N3O3S. The number of hydrogen-bond acceptors (Lipinski definition) is 5. The third-order valence-electron chi connectivity index (χ3n) is 6.28. The van der Waals surface area contributed by atoms with Crippen LogP contribution in [0, 0.1) is 20.8 Å². The number of carbonyl (C=O) groups excluding carboxylic acids is 3. The summed E-state index contributed by atoms with van der Waals surface area (Å²) in [6, 6.07) is 29.5. The van der Waals surface area contributed by atoms with E-state index in [1.165, 1.54) is 16.7 Å². The summed E-state index contributed by atoms with van der Waals surface area (Å²) in [6.45, 7) is 5.90. The molecule has 0 aromatic heterocycles. The van der Waals surface area contributed by atoms with E-state index in [0.29, 0.717) is 27.5 Å². The molecule has 3 amide bonds. The van der Waals surface area contributed by atoms with E-state index in [9.17, 15) is 14.4 Å². The molecule has 7 heteroatoms. The van der Waals surface area contributed by atoms with E-state index in [0.717, 1.165) is 16.7 Å². The van der Waals surface area contributed by atoms with Crippen LogP contribution in [0.15, 0.2) is 113 Å². The number of aryl methyl sites for hydroxylation is 3. The molecule has 0 spiro atoms. The zero-order valence-electron chi connectivity index (χ0n) is 21.8. The Balaban J connectivity index is 1.44. The Kier molecular flexibility index (Phi) is 7.34. The highest BCUT2D eigenvalue weighted by Gasteiger charge is 2.40. The van der Waals surface area contributed by atoms with Gasteiger partial charge < -0.3 is 10.6 Å². The van der Waals surface area contributed by atoms with Crippen LogP contribution in [0.5, 0.6) is 0 Å². The molecule has 39 heavy (non-hydrogen) atoms. The first-order valence-corrected chi connectivity index (χ1v) is 13.3. The Morgan fingerprint density at radius 1 is 0.692 bits per heavy atom. The van der Waals surface area contributed by atoms with Gasteiger partial charge in [-0.2, -0.15) is 0 Å². The summed E-state index contributed by atoms with van der Waals surface area (Å²) in [5.74, 6) is -1.05. The predicted octanol–water partition coefficient (Wildman–Crippen LogP) is 6.85. The van der Waals surface area contributed by atoms with Gasteiger partial charge in [0.25, 0.3) is 17.7 Å². The van der Waals surface area contributed by atoms with Gasteiger partial charge in [0.15, 0.2) is 0 Å². The Morgan fingerprint density at radius 3 is 1.92 bits per heavy atom. The average Bonchev–Trinajstić information content (AvgIpc) is 3.15. The molecule has 2 N–H and O–H groups in total. The van der Waals surface area contributed by atoms with E-state index in [1.807, 2.05) is 75.4 Å². The minimum Gasteiger partial charge on any atom is -0.350 e. The molecule has 4 aromatic rings. The summed E-state index contributed by atoms with van der Waals surface area (Å²) >= 11 is 1.19. The fraction of sp³-hybridized carbons (Fsp3) is 0.0938. The molecule has 6 nitrogen and oxygen atoms in total. The minimum absolute atomic E-state index is 0.212. The number of carbonyl (C=O) groups is 3. The van der Waals surface area contributed by atoms with Crippen molar-refractivity contribution >= 4 is 46.5 Å². The van der Waals surface area contributed by atoms with Gasteiger partial charge in [-0.3, -0.25) is 14.4 Å². The third kappa shape index (κ3) is 5.78. The fourth-order valence-electron chi connectivity index (χ4n) is 4.09. The van der Waals surface area contributed by atoms with Gasteiger partial charge in [-0.1, -0.05) is 70.9 Å². The van der Waals surface area contributed by atoms with Crippen molar-refractivity contribution in [2.45, 2.75) is 25.7 Å². The highest BCUT2D eigenvalue weighted by Crippen LogP contribution is 2.38. The quantitative estimate of drug-likeness (QED) is 0.254. The van der Waals surface area contributed by atoms with Crippen LogP contribution < -0.4 is 15.5 Å². The largest absolute Gasteiger partial charge is 0.350 e. The van der Waals surface area contributed by atoms with Crippen molar-refractivity contribution in [2.24, 2.45) is 0 Å². The summed E-state index contributed by atoms with van der Waals surface area (Å²) in [7, 11) is 0. The predicted molar refractivity (Wildman–Crippen MR) is 157 cm³/mol. The van der Waals surface area contributed by atoms with Crippen molar-refractivity contribution in [2.75, 3.05) is 15.5 Å². The molecule has 1 heterocycles. The van der Waals surface area contributed by atoms with Crippen LogP contribution in [0.4, 0.5) is 17.1 Å². The Morgan fingerprint density at radius 2 is 1.28 bits per heavy atom. The van der Waals surface area contributed by atoms with Crippen LogP contribution in [-0.4, -0.2) is 17.7 Å². The van der Waals surface area contributed by atoms with Crippen LogP contribution in [-0.2, 0) is 9.59 Å². The first-order chi connectivity index (χ1) is 18.8. The molecule has 0 radical (unpaired) electrons. The van der Waals surface area contributed by atoms with Gasteiger partial charge >= 0.3 is 0 Å². The number of hydrogen-bond donors (Lipinski definition) is 2. The number of nitrogens with zero attached hydrogens (tertiary/aromatic N) is 1. The molecule has 0 atom stereocenters. The molecule has 194 valence electrons. The smallest absolute Gasteiger partial charge is 0.283 e. The monoisotopic (exact) mass is 533 g/mol. The molecule has 0 unspecified atom stereocenters. The van der Waals surface area contributed by atoms with Gasteiger partial charge in [-0.05, 0) is 75.4 Å². The molecule has 0 aliphatic carbocycles. The van der Waals surface area contributed by atoms with Crippen molar-refractivity contribution in [3.8, 4) is 0 Å². The molecule has 0 fully saturated rings. The van der Waals surface area contributed by atoms with Crippen molar-refractivity contribution in [1.82, 2.24) is 0 Å². The second kappa shape index (κ2) is 11.0. The zero-order valence-corrected chi connectivity index (χ0v) is 22.6. The highest BCUT2D eigenvalue weighted by molar-refractivity contribution is 8.04. The zero-order chi connectivity index (χ0) is 27.5. The van der Waals surface area contributed by atoms with Gasteiger partial charge in [0.2, 0.25) is 0 Å². The van der Waals surface area contributed by atoms with E-state index >= 15 is 0 Å². The first kappa shape index (κ1) is 26.0. The lowest BCUT2D eigenvalue weighted by molar-refractivity contribution is -0.120. The van der Waals surface area contributed by atoms with Crippen molar-refractivity contribution in [3.05, 3.63) is 130 Å². The molecular weight excluding hydrogens is 506 g/mol. The minimum atomic E-state index is -0.421. The Labute approximate surface area is 231 Å². The van der Waals surface area contributed by atoms with E-state index in [-0.39, 0.29) is 16.5 Å². The van der Waals surface area contributed by atoms with E-state index in [1.54, 1.807) is 42.5 Å². The number of nitrogens with one attached hydrogen (secondary N) is 2. The van der Waals surface area contributed by atoms with Gasteiger partial charge in [0, 0.05) is 21.8 Å². The number of benzene rings is 4. The van der Waals surface area contributed by atoms with Crippen LogP contribution in [0.1, 0.15) is 27.0 Å². The number of imide groups is 1. The molecule has 1 aliphatic heterocycles. The summed E-state index contributed by atoms with van der Waals surface area (Å²) in [5.41, 5.74) is 5.76. The maximum Gasteiger partial charge on any atom is 0.283 e. The van der Waals surface area contributed by atoms with Gasteiger partial charge in [-0.15, -0.1) is 0 Å². The number of thioether (sulfide) groups is 1. The average molecular weight is 534 g/mol. The normalized spacial score (nSPS) is 13.2. The van der Waals surface area contributed by atoms with Crippen LogP contribution in [0.3, 0.4) is 0 Å². The van der Waals surface area contributed by atoms with Crippen molar-refractivity contribution < 1.29 is 14.4 Å². The lowest BCUT2D eigenvalue weighted by Crippen LogP contribution is -2.32. The van der Waals surface area contributed by atoms with Gasteiger partial charge in [0.1, 0.15) is 10.6 Å². The summed E-state index contributed by atoms with van der Waals surface area (Å²) in [5, 5.41) is 6.09. The maximum absolute atomic E-state index is 13.7. The second-order valence-electron chi connectivity index (χ2n) is 9.43. The summed E-state index contributed by atoms with van der Waals surface area (Å²) < 4.78 is 0. The first-order valence-electron chi connectivity index (χ1n) is 12.5. The highest BCUT2D eigenvalue weighted by atomic mass is 32.2. The standard InChI is InChI=1S/C32H27N3O3S/c1-20-7-13-23(14-8-20)30(36)34-25-5-4-6-27(19-25)39-29-28(33-24-15-9-21(2)10-16-24)31(37)35(32(29)38)26-17-11-22(3)12-18-26/h4-19,33H,1-3H3,(H,34,36). The number of amides is 3. The van der Waals surface area contributed by atoms with E-state index in [2.05, 4.69) is 10.6 Å². The molecule has 0 saturated carbocycles. The molecule has 0 bridgehead atoms. The summed E-state index contributed by atoms with van der Waals surface area (Å²) in [4.78, 5) is 42.2. The molecule has 1 aliphatic rings. The van der Waals surface area contributed by atoms with Gasteiger partial charge in [-0.25, -0.2) is 4.90 Å². The molecule has 5 rings (SSSR count). The fourth-order valence-corrected chi connectivity index (χ4v) is 5.07. The van der Waals surface area contributed by atoms with E-state index in [4.69, 9.17) is 0 Å². The summed E-state index contributed by atoms with van der Waals surface area (Å²) in [6.07, 6.45) is 0. The van der Waals surface area contributed by atoms with Crippen LogP contribution in [0.25, 0.3) is 0 Å². The SMILES string of the molecule is Cc1ccc(NC2=C(Sc3cccc(NC(=O)c4ccc(C)cc4)c3)C(=O)N(c3ccc(C)cc3)C2=O)cc1. The maximum atomic E-state index is 13.7. The third-order valence-corrected chi connectivity index (χ3v) is 7.35. The van der Waals surface area contributed by atoms with E-state index < -0.39 is 11.8 Å². The topological polar surface area (TPSA) is 78.5 Å². The number of anilines is 3. The lowest BCUT2D eigenvalue weighted by atomic mass is 10.1. The van der Waals surface area contributed by atoms with Crippen molar-refractivity contribution in [3.63, 3.8) is 0 Å². The Hall–Kier alpha value is -4.62.